The number of rotatable bonds is 10. The van der Waals surface area contributed by atoms with E-state index in [1.807, 2.05) is 0 Å². The average molecular weight is 699 g/mol. The fraction of sp³-hybridized carbons (Fsp3) is 0.571. The topological polar surface area (TPSA) is 153 Å². The predicted molar refractivity (Wildman–Crippen MR) is 174 cm³/mol. The molecule has 4 aliphatic heterocycles. The van der Waals surface area contributed by atoms with Gasteiger partial charge >= 0.3 is 0 Å². The summed E-state index contributed by atoms with van der Waals surface area (Å²) in [6.45, 7) is 3.62. The van der Waals surface area contributed by atoms with Crippen molar-refractivity contribution in [1.29, 1.82) is 0 Å². The Kier molecular flexibility index (Phi) is 9.39. The van der Waals surface area contributed by atoms with Crippen LogP contribution in [0.1, 0.15) is 54.6 Å². The number of hydrogen-bond acceptors (Lipinski definition) is 15. The third kappa shape index (κ3) is 5.13. The zero-order valence-corrected chi connectivity index (χ0v) is 29.1. The minimum atomic E-state index is -1.69. The van der Waals surface area contributed by atoms with Crippen molar-refractivity contribution >= 4 is 17.2 Å². The van der Waals surface area contributed by atoms with Crippen LogP contribution in [-0.2, 0) is 42.9 Å². The number of Topliss-reactive ketones (excluding diaryl/α,β-unsaturated/α-hetero) is 1. The SMILES string of the molecule is COc1cc(OC)c(C2=NOC3C2C(=O)C2C(c4c(OC)cc(OC)cc4C4OCCCO4)=NOC2(C)C3(OC)OC)c(C2OCCCO2)c1. The van der Waals surface area contributed by atoms with Gasteiger partial charge in [0.1, 0.15) is 46.3 Å². The molecule has 1 saturated carbocycles. The maximum atomic E-state index is 15.3. The first kappa shape index (κ1) is 34.5. The summed E-state index contributed by atoms with van der Waals surface area (Å²) in [5, 5.41) is 9.13. The van der Waals surface area contributed by atoms with Gasteiger partial charge in [0.25, 0.3) is 5.79 Å². The highest BCUT2D eigenvalue weighted by Gasteiger charge is 2.76. The number of benzene rings is 2. The highest BCUT2D eigenvalue weighted by Crippen LogP contribution is 2.56. The summed E-state index contributed by atoms with van der Waals surface area (Å²) >= 11 is 0. The number of carbonyl (C=O) groups excluding carboxylic acids is 1. The van der Waals surface area contributed by atoms with Crippen LogP contribution in [0, 0.1) is 11.8 Å². The van der Waals surface area contributed by atoms with Gasteiger partial charge in [0.2, 0.25) is 11.7 Å². The van der Waals surface area contributed by atoms with Crippen molar-refractivity contribution in [2.75, 3.05) is 69.1 Å². The number of nitrogens with zero attached hydrogens (tertiary/aromatic N) is 2. The molecule has 0 aromatic heterocycles. The van der Waals surface area contributed by atoms with Crippen LogP contribution in [0.2, 0.25) is 0 Å². The molecule has 0 N–H and O–H groups in total. The van der Waals surface area contributed by atoms with Gasteiger partial charge in [-0.25, -0.2) is 0 Å². The molecular weight excluding hydrogens is 656 g/mol. The Morgan fingerprint density at radius 3 is 1.64 bits per heavy atom. The molecular formula is C35H42N2O13. The Labute approximate surface area is 289 Å². The van der Waals surface area contributed by atoms with E-state index in [1.54, 1.807) is 45.4 Å². The quantitative estimate of drug-likeness (QED) is 0.332. The van der Waals surface area contributed by atoms with Gasteiger partial charge in [-0.1, -0.05) is 10.3 Å². The van der Waals surface area contributed by atoms with Crippen molar-refractivity contribution in [2.45, 2.75) is 49.8 Å². The first-order valence-corrected chi connectivity index (χ1v) is 16.4. The third-order valence-corrected chi connectivity index (χ3v) is 10.1. The van der Waals surface area contributed by atoms with Crippen molar-refractivity contribution in [1.82, 2.24) is 0 Å². The van der Waals surface area contributed by atoms with E-state index in [4.69, 9.17) is 57.0 Å². The second-order valence-electron chi connectivity index (χ2n) is 12.5. The number of fused-ring (bicyclic) bond motifs is 2. The molecule has 0 spiro atoms. The molecule has 2 saturated heterocycles. The number of carbonyl (C=O) groups is 1. The fourth-order valence-electron chi connectivity index (χ4n) is 7.74. The van der Waals surface area contributed by atoms with Crippen molar-refractivity contribution in [3.05, 3.63) is 46.5 Å². The number of oxime groups is 2. The summed E-state index contributed by atoms with van der Waals surface area (Å²) < 4.78 is 59.5. The molecule has 0 amide bonds. The van der Waals surface area contributed by atoms with Gasteiger partial charge in [-0.2, -0.15) is 0 Å². The lowest BCUT2D eigenvalue weighted by Crippen LogP contribution is -2.73. The zero-order valence-electron chi connectivity index (χ0n) is 29.1. The molecule has 1 aliphatic carbocycles. The number of methoxy groups -OCH3 is 6. The van der Waals surface area contributed by atoms with Gasteiger partial charge < -0.3 is 57.0 Å². The Morgan fingerprint density at radius 2 is 1.18 bits per heavy atom. The van der Waals surface area contributed by atoms with Gasteiger partial charge in [0, 0.05) is 37.5 Å². The predicted octanol–water partition coefficient (Wildman–Crippen LogP) is 3.69. The number of ether oxygens (including phenoxy) is 10. The van der Waals surface area contributed by atoms with Crippen molar-refractivity contribution < 1.29 is 61.8 Å². The summed E-state index contributed by atoms with van der Waals surface area (Å²) in [6.07, 6.45) is -1.19. The summed E-state index contributed by atoms with van der Waals surface area (Å²) in [4.78, 5) is 27.7. The number of hydrogen-bond donors (Lipinski definition) is 0. The van der Waals surface area contributed by atoms with Crippen molar-refractivity contribution in [3.8, 4) is 23.0 Å². The lowest BCUT2D eigenvalue weighted by Gasteiger charge is -2.51. The molecule has 3 fully saturated rings. The van der Waals surface area contributed by atoms with Gasteiger partial charge in [0.15, 0.2) is 18.4 Å². The van der Waals surface area contributed by atoms with E-state index in [0.717, 1.165) is 12.8 Å². The lowest BCUT2D eigenvalue weighted by molar-refractivity contribution is -0.358. The van der Waals surface area contributed by atoms with Crippen LogP contribution < -0.4 is 18.9 Å². The van der Waals surface area contributed by atoms with Gasteiger partial charge in [-0.05, 0) is 31.9 Å². The average Bonchev–Trinajstić information content (AvgIpc) is 3.77. The van der Waals surface area contributed by atoms with E-state index >= 15 is 4.79 Å². The molecule has 15 nitrogen and oxygen atoms in total. The van der Waals surface area contributed by atoms with E-state index in [9.17, 15) is 0 Å². The molecule has 7 rings (SSSR count). The Balaban J connectivity index is 1.40. The van der Waals surface area contributed by atoms with Crippen LogP contribution in [0.5, 0.6) is 23.0 Å². The minimum absolute atomic E-state index is 0.272. The second kappa shape index (κ2) is 13.6. The number of ketones is 1. The molecule has 0 radical (unpaired) electrons. The van der Waals surface area contributed by atoms with Crippen LogP contribution in [0.25, 0.3) is 0 Å². The molecule has 270 valence electrons. The van der Waals surface area contributed by atoms with Gasteiger partial charge in [-0.15, -0.1) is 0 Å². The van der Waals surface area contributed by atoms with Crippen LogP contribution in [0.3, 0.4) is 0 Å². The normalized spacial score (nSPS) is 27.7. The van der Waals surface area contributed by atoms with Crippen LogP contribution in [0.15, 0.2) is 34.6 Å². The Hall–Kier alpha value is -3.99. The third-order valence-electron chi connectivity index (χ3n) is 10.1. The van der Waals surface area contributed by atoms with Crippen LogP contribution in [-0.4, -0.2) is 104 Å². The van der Waals surface area contributed by atoms with E-state index in [-0.39, 0.29) is 17.2 Å². The lowest BCUT2D eigenvalue weighted by atomic mass is 9.61. The molecule has 4 heterocycles. The second-order valence-corrected chi connectivity index (χ2v) is 12.5. The van der Waals surface area contributed by atoms with Gasteiger partial charge in [0.05, 0.1) is 66.0 Å². The van der Waals surface area contributed by atoms with E-state index in [2.05, 4.69) is 10.3 Å². The highest BCUT2D eigenvalue weighted by molar-refractivity contribution is 6.25. The maximum absolute atomic E-state index is 15.3. The molecule has 4 unspecified atom stereocenters. The first-order valence-electron chi connectivity index (χ1n) is 16.4. The van der Waals surface area contributed by atoms with E-state index < -0.39 is 41.9 Å². The minimum Gasteiger partial charge on any atom is -0.497 e. The van der Waals surface area contributed by atoms with Crippen LogP contribution in [0.4, 0.5) is 0 Å². The molecule has 2 aromatic carbocycles. The zero-order chi connectivity index (χ0) is 35.2. The Bertz CT molecular complexity index is 1680. The van der Waals surface area contributed by atoms with Gasteiger partial charge in [-0.3, -0.25) is 4.79 Å². The van der Waals surface area contributed by atoms with Crippen molar-refractivity contribution in [3.63, 3.8) is 0 Å². The van der Waals surface area contributed by atoms with Crippen molar-refractivity contribution in [2.24, 2.45) is 22.1 Å². The highest BCUT2D eigenvalue weighted by atomic mass is 16.8. The molecule has 15 heteroatoms. The molecule has 0 bridgehead atoms. The summed E-state index contributed by atoms with van der Waals surface area (Å²) in [7, 11) is 9.08. The molecule has 50 heavy (non-hydrogen) atoms. The first-order chi connectivity index (χ1) is 24.3. The maximum Gasteiger partial charge on any atom is 0.254 e. The van der Waals surface area contributed by atoms with Crippen LogP contribution >= 0.6 is 0 Å². The molecule has 2 aromatic rings. The van der Waals surface area contributed by atoms with E-state index in [1.165, 1.54) is 28.4 Å². The molecule has 5 aliphatic rings. The van der Waals surface area contributed by atoms with E-state index in [0.29, 0.717) is 71.7 Å². The smallest absolute Gasteiger partial charge is 0.254 e. The summed E-state index contributed by atoms with van der Waals surface area (Å²) in [6, 6.07) is 6.98. The Morgan fingerprint density at radius 1 is 0.680 bits per heavy atom. The summed E-state index contributed by atoms with van der Waals surface area (Å²) in [5.74, 6) is -2.38. The largest absolute Gasteiger partial charge is 0.497 e. The summed E-state index contributed by atoms with van der Waals surface area (Å²) in [5.41, 5.74) is 1.07. The molecule has 4 atom stereocenters. The fourth-order valence-corrected chi connectivity index (χ4v) is 7.74. The standard InChI is InChI=1S/C35H42N2O13/c1-34-27(29(37-50-34)25-21(33-47-12-9-13-48-33)15-19(40-3)17-23(25)42-5)30(38)26-28(36-49-31(26)35(34,43-6)44-7)24-20(32-45-10-8-11-46-32)14-18(39-2)16-22(24)41-4/h14-17,26-27,31-33H,8-13H2,1-7H3. The monoisotopic (exact) mass is 698 g/mol.